The van der Waals surface area contributed by atoms with Crippen LogP contribution in [0.4, 0.5) is 18.9 Å². The number of carboxylic acid groups (broad SMARTS) is 1. The van der Waals surface area contributed by atoms with Crippen LogP contribution >= 0.6 is 0 Å². The van der Waals surface area contributed by atoms with Gasteiger partial charge in [0.2, 0.25) is 6.61 Å². The number of fused-ring (bicyclic) bond motifs is 1. The standard InChI is InChI=1S/C24H28F3N5O5/c1-12-9-18-20(21(13(12)2)31-37-11-19(33)34)22(24(25,26)27)30-32(18)15-3-4-16(23(28)35)17(10-15)29-14-5-7-36-8-6-14/h3-4,10,12-14,29H,5-9,11H2,1-2H3,(H2,28,35)(H,33,34)/t12-,13?/m0/s1. The number of hydrogen-bond acceptors (Lipinski definition) is 7. The zero-order valence-electron chi connectivity index (χ0n) is 20.3. The van der Waals surface area contributed by atoms with Gasteiger partial charge in [-0.2, -0.15) is 18.3 Å². The average molecular weight is 524 g/mol. The zero-order chi connectivity index (χ0) is 26.9. The summed E-state index contributed by atoms with van der Waals surface area (Å²) >= 11 is 0. The molecule has 1 fully saturated rings. The molecule has 4 N–H and O–H groups in total. The summed E-state index contributed by atoms with van der Waals surface area (Å²) in [6, 6.07) is 4.51. The van der Waals surface area contributed by atoms with Crippen LogP contribution in [0.1, 0.15) is 54.0 Å². The number of rotatable bonds is 7. The van der Waals surface area contributed by atoms with Gasteiger partial charge >= 0.3 is 12.1 Å². The number of aromatic nitrogens is 2. The predicted molar refractivity (Wildman–Crippen MR) is 127 cm³/mol. The van der Waals surface area contributed by atoms with Gasteiger partial charge in [-0.05, 0) is 43.4 Å². The number of nitrogens with two attached hydrogens (primary N) is 1. The van der Waals surface area contributed by atoms with Crippen LogP contribution in [0.5, 0.6) is 0 Å². The lowest BCUT2D eigenvalue weighted by Crippen LogP contribution is -2.31. The number of benzene rings is 1. The van der Waals surface area contributed by atoms with Gasteiger partial charge in [0, 0.05) is 30.9 Å². The van der Waals surface area contributed by atoms with Gasteiger partial charge in [-0.25, -0.2) is 9.48 Å². The molecule has 2 atom stereocenters. The first-order valence-electron chi connectivity index (χ1n) is 11.9. The fourth-order valence-corrected chi connectivity index (χ4v) is 4.65. The number of oxime groups is 1. The van der Waals surface area contributed by atoms with Crippen LogP contribution in [0.15, 0.2) is 23.4 Å². The summed E-state index contributed by atoms with van der Waals surface area (Å²) in [6.07, 6.45) is -3.15. The van der Waals surface area contributed by atoms with Crippen molar-refractivity contribution in [2.24, 2.45) is 22.7 Å². The fraction of sp³-hybridized carbons (Fsp3) is 0.500. The summed E-state index contributed by atoms with van der Waals surface area (Å²) < 4.78 is 49.0. The largest absolute Gasteiger partial charge is 0.479 e. The molecule has 1 aromatic heterocycles. The molecule has 2 aliphatic rings. The SMILES string of the molecule is CC1C(=NOCC(=O)O)c2c(C(F)(F)F)nn(-c3ccc(C(N)=O)c(NC4CCOCC4)c3)c2C[C@@H]1C. The second-order valence-corrected chi connectivity index (χ2v) is 9.32. The Bertz CT molecular complexity index is 1220. The number of primary amides is 1. The van der Waals surface area contributed by atoms with E-state index >= 15 is 0 Å². The molecule has 4 rings (SSSR count). The van der Waals surface area contributed by atoms with E-state index in [9.17, 15) is 22.8 Å². The van der Waals surface area contributed by atoms with E-state index in [2.05, 4.69) is 15.6 Å². The van der Waals surface area contributed by atoms with E-state index in [1.165, 1.54) is 16.8 Å². The zero-order valence-corrected chi connectivity index (χ0v) is 20.3. The smallest absolute Gasteiger partial charge is 0.435 e. The van der Waals surface area contributed by atoms with Crippen molar-refractivity contribution in [2.45, 2.75) is 45.3 Å². The fourth-order valence-electron chi connectivity index (χ4n) is 4.65. The maximum Gasteiger partial charge on any atom is 0.435 e. The lowest BCUT2D eigenvalue weighted by molar-refractivity contribution is -0.143. The van der Waals surface area contributed by atoms with Gasteiger partial charge in [-0.15, -0.1) is 0 Å². The lowest BCUT2D eigenvalue weighted by Gasteiger charge is -2.28. The molecule has 1 amide bonds. The van der Waals surface area contributed by atoms with E-state index in [-0.39, 0.29) is 40.9 Å². The number of carboxylic acids is 1. The number of ether oxygens (including phenoxy) is 1. The number of carbonyl (C=O) groups is 2. The number of hydrogen-bond donors (Lipinski definition) is 3. The van der Waals surface area contributed by atoms with E-state index in [0.29, 0.717) is 37.4 Å². The third-order valence-corrected chi connectivity index (χ3v) is 6.75. The first-order valence-corrected chi connectivity index (χ1v) is 11.9. The minimum absolute atomic E-state index is 0.00497. The summed E-state index contributed by atoms with van der Waals surface area (Å²) in [4.78, 5) is 27.8. The Balaban J connectivity index is 1.84. The Kier molecular flexibility index (Phi) is 7.44. The molecular formula is C24H28F3N5O5. The topological polar surface area (TPSA) is 141 Å². The molecule has 0 saturated carbocycles. The molecule has 10 nitrogen and oxygen atoms in total. The van der Waals surface area contributed by atoms with E-state index in [0.717, 1.165) is 0 Å². The maximum absolute atomic E-state index is 14.2. The molecule has 13 heteroatoms. The van der Waals surface area contributed by atoms with Crippen LogP contribution in [0, 0.1) is 11.8 Å². The minimum Gasteiger partial charge on any atom is -0.479 e. The summed E-state index contributed by atoms with van der Waals surface area (Å²) in [5.41, 5.74) is 5.35. The minimum atomic E-state index is -4.81. The van der Waals surface area contributed by atoms with Crippen LogP contribution in [0.3, 0.4) is 0 Å². The Hall–Kier alpha value is -3.61. The Morgan fingerprint density at radius 2 is 2.00 bits per heavy atom. The number of halogens is 3. The van der Waals surface area contributed by atoms with Gasteiger partial charge in [-0.3, -0.25) is 4.79 Å². The van der Waals surface area contributed by atoms with Crippen molar-refractivity contribution in [1.82, 2.24) is 9.78 Å². The maximum atomic E-state index is 14.2. The molecular weight excluding hydrogens is 495 g/mol. The highest BCUT2D eigenvalue weighted by atomic mass is 19.4. The van der Waals surface area contributed by atoms with Crippen molar-refractivity contribution in [2.75, 3.05) is 25.1 Å². The van der Waals surface area contributed by atoms with Crippen molar-refractivity contribution in [3.05, 3.63) is 40.7 Å². The number of nitrogens with one attached hydrogen (secondary N) is 1. The van der Waals surface area contributed by atoms with Crippen LogP contribution in [-0.2, 0) is 27.0 Å². The summed E-state index contributed by atoms with van der Waals surface area (Å²) in [6.45, 7) is 3.89. The molecule has 0 radical (unpaired) electrons. The van der Waals surface area contributed by atoms with Gasteiger partial charge in [0.05, 0.1) is 28.2 Å². The van der Waals surface area contributed by atoms with Gasteiger partial charge in [-0.1, -0.05) is 19.0 Å². The number of aliphatic carboxylic acids is 1. The third-order valence-electron chi connectivity index (χ3n) is 6.75. The molecule has 1 aliphatic carbocycles. The first kappa shape index (κ1) is 26.5. The predicted octanol–water partition coefficient (Wildman–Crippen LogP) is 3.21. The molecule has 200 valence electrons. The average Bonchev–Trinajstić information content (AvgIpc) is 3.21. The van der Waals surface area contributed by atoms with Crippen LogP contribution in [0.25, 0.3) is 5.69 Å². The third kappa shape index (κ3) is 5.55. The van der Waals surface area contributed by atoms with Crippen molar-refractivity contribution in [3.8, 4) is 5.69 Å². The van der Waals surface area contributed by atoms with Gasteiger partial charge in [0.15, 0.2) is 5.69 Å². The van der Waals surface area contributed by atoms with E-state index in [1.54, 1.807) is 13.0 Å². The van der Waals surface area contributed by atoms with Gasteiger partial charge in [0.1, 0.15) is 0 Å². The van der Waals surface area contributed by atoms with Crippen molar-refractivity contribution >= 4 is 23.3 Å². The normalized spacial score (nSPS) is 21.5. The Morgan fingerprint density at radius 3 is 2.62 bits per heavy atom. The number of carbonyl (C=O) groups excluding carboxylic acids is 1. The van der Waals surface area contributed by atoms with E-state index in [1.807, 2.05) is 6.92 Å². The lowest BCUT2D eigenvalue weighted by atomic mass is 9.78. The number of amides is 1. The van der Waals surface area contributed by atoms with E-state index < -0.39 is 36.3 Å². The molecule has 2 heterocycles. The first-order chi connectivity index (χ1) is 17.5. The summed E-state index contributed by atoms with van der Waals surface area (Å²) in [5.74, 6) is -2.55. The highest BCUT2D eigenvalue weighted by Gasteiger charge is 2.45. The molecule has 0 spiro atoms. The second kappa shape index (κ2) is 10.4. The van der Waals surface area contributed by atoms with Crippen LogP contribution < -0.4 is 11.1 Å². The molecule has 1 aliphatic heterocycles. The van der Waals surface area contributed by atoms with Crippen molar-refractivity contribution < 1.29 is 37.4 Å². The van der Waals surface area contributed by atoms with Gasteiger partial charge in [0.25, 0.3) is 5.91 Å². The molecule has 2 aromatic rings. The molecule has 1 saturated heterocycles. The monoisotopic (exact) mass is 523 g/mol. The Labute approximate surface area is 210 Å². The van der Waals surface area contributed by atoms with E-state index in [4.69, 9.17) is 20.4 Å². The quantitative estimate of drug-likeness (QED) is 0.473. The number of anilines is 1. The van der Waals surface area contributed by atoms with Crippen LogP contribution in [0.2, 0.25) is 0 Å². The van der Waals surface area contributed by atoms with Crippen LogP contribution in [-0.4, -0.2) is 58.3 Å². The highest BCUT2D eigenvalue weighted by Crippen LogP contribution is 2.40. The number of alkyl halides is 3. The van der Waals surface area contributed by atoms with Crippen molar-refractivity contribution in [3.63, 3.8) is 0 Å². The number of nitrogens with zero attached hydrogens (tertiary/aromatic N) is 3. The highest BCUT2D eigenvalue weighted by molar-refractivity contribution is 6.05. The second-order valence-electron chi connectivity index (χ2n) is 9.32. The molecule has 37 heavy (non-hydrogen) atoms. The molecule has 0 bridgehead atoms. The molecule has 1 unspecified atom stereocenters. The Morgan fingerprint density at radius 1 is 1.30 bits per heavy atom. The molecule has 1 aromatic carbocycles. The van der Waals surface area contributed by atoms with Gasteiger partial charge < -0.3 is 25.7 Å². The summed E-state index contributed by atoms with van der Waals surface area (Å²) in [7, 11) is 0. The summed E-state index contributed by atoms with van der Waals surface area (Å²) in [5, 5.41) is 19.9. The van der Waals surface area contributed by atoms with Crippen molar-refractivity contribution in [1.29, 1.82) is 0 Å².